The fraction of sp³-hybridized carbons (Fsp3) is 0.111. The summed E-state index contributed by atoms with van der Waals surface area (Å²) in [6, 6.07) is 12.8. The second kappa shape index (κ2) is 6.20. The molecule has 3 heterocycles. The molecule has 25 heavy (non-hydrogen) atoms. The Hall–Kier alpha value is -3.48. The predicted octanol–water partition coefficient (Wildman–Crippen LogP) is 2.95. The fourth-order valence-corrected chi connectivity index (χ4v) is 2.78. The van der Waals surface area contributed by atoms with Crippen LogP contribution in [-0.2, 0) is 6.54 Å². The van der Waals surface area contributed by atoms with E-state index < -0.39 is 0 Å². The van der Waals surface area contributed by atoms with Crippen molar-refractivity contribution in [3.8, 4) is 11.5 Å². The number of benzene rings is 1. The summed E-state index contributed by atoms with van der Waals surface area (Å²) in [5.74, 6) is 1.35. The Morgan fingerprint density at radius 2 is 2.04 bits per heavy atom. The molecule has 0 spiro atoms. The SMILES string of the molecule is CCn1cnnc1-c1cccc(Nc2cccc3[nH]ccc(=O)c23)n1. The molecule has 0 aliphatic heterocycles. The first kappa shape index (κ1) is 15.1. The highest BCUT2D eigenvalue weighted by Gasteiger charge is 2.10. The van der Waals surface area contributed by atoms with Crippen molar-refractivity contribution in [2.24, 2.45) is 0 Å². The lowest BCUT2D eigenvalue weighted by Gasteiger charge is -2.10. The van der Waals surface area contributed by atoms with Crippen molar-refractivity contribution in [1.82, 2.24) is 24.7 Å². The van der Waals surface area contributed by atoms with Crippen molar-refractivity contribution in [1.29, 1.82) is 0 Å². The van der Waals surface area contributed by atoms with E-state index in [-0.39, 0.29) is 5.43 Å². The highest BCUT2D eigenvalue weighted by atomic mass is 16.1. The number of hydrogen-bond donors (Lipinski definition) is 2. The number of aromatic nitrogens is 5. The summed E-state index contributed by atoms with van der Waals surface area (Å²) in [5, 5.41) is 11.9. The summed E-state index contributed by atoms with van der Waals surface area (Å²) >= 11 is 0. The van der Waals surface area contributed by atoms with Crippen LogP contribution in [0, 0.1) is 0 Å². The van der Waals surface area contributed by atoms with Crippen LogP contribution in [0.4, 0.5) is 11.5 Å². The normalized spacial score (nSPS) is 10.9. The Balaban J connectivity index is 1.76. The van der Waals surface area contributed by atoms with Gasteiger partial charge in [-0.15, -0.1) is 10.2 Å². The van der Waals surface area contributed by atoms with Gasteiger partial charge in [-0.25, -0.2) is 4.98 Å². The number of aryl methyl sites for hydroxylation is 1. The minimum absolute atomic E-state index is 0.0428. The maximum Gasteiger partial charge on any atom is 0.191 e. The number of rotatable bonds is 4. The van der Waals surface area contributed by atoms with E-state index in [2.05, 4.69) is 25.5 Å². The van der Waals surface area contributed by atoms with E-state index >= 15 is 0 Å². The van der Waals surface area contributed by atoms with Gasteiger partial charge in [-0.3, -0.25) is 4.79 Å². The molecule has 0 saturated heterocycles. The van der Waals surface area contributed by atoms with Crippen molar-refractivity contribution >= 4 is 22.4 Å². The maximum absolute atomic E-state index is 12.2. The summed E-state index contributed by atoms with van der Waals surface area (Å²) in [4.78, 5) is 19.9. The number of anilines is 2. The van der Waals surface area contributed by atoms with E-state index in [4.69, 9.17) is 0 Å². The summed E-state index contributed by atoms with van der Waals surface area (Å²) in [6.07, 6.45) is 3.33. The largest absolute Gasteiger partial charge is 0.361 e. The Bertz CT molecular complexity index is 1090. The Morgan fingerprint density at radius 1 is 1.16 bits per heavy atom. The maximum atomic E-state index is 12.2. The molecule has 3 aromatic heterocycles. The fourth-order valence-electron chi connectivity index (χ4n) is 2.78. The third kappa shape index (κ3) is 2.76. The highest BCUT2D eigenvalue weighted by Crippen LogP contribution is 2.23. The Labute approximate surface area is 143 Å². The van der Waals surface area contributed by atoms with Crippen LogP contribution >= 0.6 is 0 Å². The van der Waals surface area contributed by atoms with Gasteiger partial charge in [0.25, 0.3) is 0 Å². The second-order valence-electron chi connectivity index (χ2n) is 5.54. The van der Waals surface area contributed by atoms with E-state index in [1.807, 2.05) is 47.9 Å². The smallest absolute Gasteiger partial charge is 0.191 e. The summed E-state index contributed by atoms with van der Waals surface area (Å²) in [7, 11) is 0. The predicted molar refractivity (Wildman–Crippen MR) is 96.8 cm³/mol. The number of hydrogen-bond acceptors (Lipinski definition) is 5. The van der Waals surface area contributed by atoms with Crippen LogP contribution in [0.2, 0.25) is 0 Å². The average molecular weight is 332 g/mol. The molecule has 0 amide bonds. The van der Waals surface area contributed by atoms with Crippen molar-refractivity contribution in [2.75, 3.05) is 5.32 Å². The number of aromatic amines is 1. The van der Waals surface area contributed by atoms with Crippen molar-refractivity contribution in [3.05, 3.63) is 65.2 Å². The first-order chi connectivity index (χ1) is 12.3. The van der Waals surface area contributed by atoms with Crippen LogP contribution < -0.4 is 10.7 Å². The molecular formula is C18H16N6O. The molecule has 0 unspecified atom stereocenters. The summed E-state index contributed by atoms with van der Waals surface area (Å²) in [5.41, 5.74) is 2.16. The third-order valence-corrected chi connectivity index (χ3v) is 3.98. The van der Waals surface area contributed by atoms with Crippen molar-refractivity contribution in [3.63, 3.8) is 0 Å². The van der Waals surface area contributed by atoms with E-state index in [0.717, 1.165) is 17.8 Å². The zero-order valence-electron chi connectivity index (χ0n) is 13.6. The standard InChI is InChI=1S/C18H16N6O/c1-2-24-11-20-23-18(24)14-7-4-8-16(22-14)21-13-6-3-5-12-17(13)15(25)9-10-19-12/h3-11H,2H2,1H3,(H,19,25)(H,21,22). The minimum atomic E-state index is -0.0428. The number of H-pyrrole nitrogens is 1. The van der Waals surface area contributed by atoms with Gasteiger partial charge in [-0.05, 0) is 31.2 Å². The molecule has 4 rings (SSSR count). The zero-order chi connectivity index (χ0) is 17.2. The summed E-state index contributed by atoms with van der Waals surface area (Å²) in [6.45, 7) is 2.79. The molecule has 0 atom stereocenters. The van der Waals surface area contributed by atoms with Gasteiger partial charge >= 0.3 is 0 Å². The molecule has 0 aliphatic rings. The number of fused-ring (bicyclic) bond motifs is 1. The Kier molecular flexibility index (Phi) is 3.74. The van der Waals surface area contributed by atoms with Crippen LogP contribution in [-0.4, -0.2) is 24.7 Å². The van der Waals surface area contributed by atoms with Crippen LogP contribution in [0.1, 0.15) is 6.92 Å². The third-order valence-electron chi connectivity index (χ3n) is 3.98. The summed E-state index contributed by atoms with van der Waals surface area (Å²) < 4.78 is 1.93. The van der Waals surface area contributed by atoms with Gasteiger partial charge in [0.15, 0.2) is 11.3 Å². The first-order valence-electron chi connectivity index (χ1n) is 7.99. The molecule has 1 aromatic carbocycles. The van der Waals surface area contributed by atoms with E-state index in [1.165, 1.54) is 6.07 Å². The lowest BCUT2D eigenvalue weighted by Crippen LogP contribution is -2.05. The molecular weight excluding hydrogens is 316 g/mol. The van der Waals surface area contributed by atoms with Crippen molar-refractivity contribution < 1.29 is 0 Å². The monoisotopic (exact) mass is 332 g/mol. The van der Waals surface area contributed by atoms with E-state index in [0.29, 0.717) is 22.7 Å². The molecule has 7 heteroatoms. The molecule has 0 radical (unpaired) electrons. The lowest BCUT2D eigenvalue weighted by molar-refractivity contribution is 0.764. The highest BCUT2D eigenvalue weighted by molar-refractivity contribution is 5.92. The average Bonchev–Trinajstić information content (AvgIpc) is 3.11. The lowest BCUT2D eigenvalue weighted by atomic mass is 10.1. The molecule has 2 N–H and O–H groups in total. The topological polar surface area (TPSA) is 88.5 Å². The van der Waals surface area contributed by atoms with Gasteiger partial charge in [0.1, 0.15) is 17.8 Å². The Morgan fingerprint density at radius 3 is 2.92 bits per heavy atom. The van der Waals surface area contributed by atoms with E-state index in [9.17, 15) is 4.79 Å². The van der Waals surface area contributed by atoms with Crippen LogP contribution in [0.25, 0.3) is 22.4 Å². The number of pyridine rings is 2. The number of nitrogens with zero attached hydrogens (tertiary/aromatic N) is 4. The van der Waals surface area contributed by atoms with Crippen LogP contribution in [0.5, 0.6) is 0 Å². The zero-order valence-corrected chi connectivity index (χ0v) is 13.6. The molecule has 0 fully saturated rings. The second-order valence-corrected chi connectivity index (χ2v) is 5.54. The van der Waals surface area contributed by atoms with Gasteiger partial charge < -0.3 is 14.9 Å². The first-order valence-corrected chi connectivity index (χ1v) is 7.99. The molecule has 124 valence electrons. The van der Waals surface area contributed by atoms with Gasteiger partial charge in [-0.1, -0.05) is 12.1 Å². The van der Waals surface area contributed by atoms with Crippen LogP contribution in [0.15, 0.2) is 59.8 Å². The molecule has 0 saturated carbocycles. The van der Waals surface area contributed by atoms with Crippen molar-refractivity contribution in [2.45, 2.75) is 13.5 Å². The molecule has 4 aromatic rings. The number of nitrogens with one attached hydrogen (secondary N) is 2. The molecule has 0 bridgehead atoms. The molecule has 0 aliphatic carbocycles. The minimum Gasteiger partial charge on any atom is -0.361 e. The van der Waals surface area contributed by atoms with Gasteiger partial charge in [0.2, 0.25) is 0 Å². The van der Waals surface area contributed by atoms with Gasteiger partial charge in [0.05, 0.1) is 16.6 Å². The van der Waals surface area contributed by atoms with Gasteiger partial charge in [0, 0.05) is 18.8 Å². The van der Waals surface area contributed by atoms with E-state index in [1.54, 1.807) is 12.5 Å². The quantitative estimate of drug-likeness (QED) is 0.600. The molecule has 7 nitrogen and oxygen atoms in total. The van der Waals surface area contributed by atoms with Crippen LogP contribution in [0.3, 0.4) is 0 Å². The van der Waals surface area contributed by atoms with Gasteiger partial charge in [-0.2, -0.15) is 0 Å².